The standard InChI is InChI=1S/C32H41N/c1-4-7-8-9-10-11-12-13-14-15-16-17-18-19-24-33-31-25-27(5-2)20-22-29(31)30-23-21-28(6-3)26-32(30)33/h2-3,20-23,25-26H,4,7-19,24H2,1H3. The molecule has 0 aliphatic carbocycles. The summed E-state index contributed by atoms with van der Waals surface area (Å²) in [4.78, 5) is 0. The maximum absolute atomic E-state index is 5.68. The maximum atomic E-state index is 5.68. The Hall–Kier alpha value is -2.64. The number of hydrogen-bond acceptors (Lipinski definition) is 0. The van der Waals surface area contributed by atoms with Gasteiger partial charge in [-0.3, -0.25) is 0 Å². The van der Waals surface area contributed by atoms with E-state index in [9.17, 15) is 0 Å². The molecular formula is C32H41N. The van der Waals surface area contributed by atoms with Crippen LogP contribution in [0, 0.1) is 24.7 Å². The molecule has 3 aromatic rings. The molecule has 1 aromatic heterocycles. The minimum Gasteiger partial charge on any atom is -0.340 e. The number of aromatic nitrogens is 1. The van der Waals surface area contributed by atoms with Crippen LogP contribution in [0.25, 0.3) is 21.8 Å². The van der Waals surface area contributed by atoms with E-state index in [0.717, 1.165) is 17.7 Å². The highest BCUT2D eigenvalue weighted by Gasteiger charge is 2.11. The molecule has 2 aromatic carbocycles. The molecule has 1 nitrogen and oxygen atoms in total. The Balaban J connectivity index is 1.43. The molecule has 0 fully saturated rings. The van der Waals surface area contributed by atoms with E-state index in [1.807, 2.05) is 12.1 Å². The van der Waals surface area contributed by atoms with Crippen LogP contribution < -0.4 is 0 Å². The average molecular weight is 440 g/mol. The second-order valence-corrected chi connectivity index (χ2v) is 9.50. The first-order valence-electron chi connectivity index (χ1n) is 13.3. The summed E-state index contributed by atoms with van der Waals surface area (Å²) in [6, 6.07) is 12.7. The van der Waals surface area contributed by atoms with E-state index < -0.39 is 0 Å². The van der Waals surface area contributed by atoms with E-state index >= 15 is 0 Å². The van der Waals surface area contributed by atoms with Crippen LogP contribution in [0.1, 0.15) is 108 Å². The van der Waals surface area contributed by atoms with Gasteiger partial charge in [-0.2, -0.15) is 0 Å². The fraction of sp³-hybridized carbons (Fsp3) is 0.500. The topological polar surface area (TPSA) is 4.93 Å². The first kappa shape index (κ1) is 25.0. The average Bonchev–Trinajstić information content (AvgIpc) is 3.16. The normalized spacial score (nSPS) is 11.1. The van der Waals surface area contributed by atoms with Crippen LogP contribution in [0.5, 0.6) is 0 Å². The monoisotopic (exact) mass is 439 g/mol. The minimum atomic E-state index is 0.935. The van der Waals surface area contributed by atoms with E-state index in [1.165, 1.54) is 112 Å². The number of aryl methyl sites for hydroxylation is 1. The highest BCUT2D eigenvalue weighted by molar-refractivity contribution is 6.08. The quantitative estimate of drug-likeness (QED) is 0.164. The summed E-state index contributed by atoms with van der Waals surface area (Å²) in [5, 5.41) is 2.52. The molecule has 1 heterocycles. The van der Waals surface area contributed by atoms with Gasteiger partial charge in [-0.15, -0.1) is 12.8 Å². The third kappa shape index (κ3) is 7.17. The minimum absolute atomic E-state index is 0.935. The summed E-state index contributed by atoms with van der Waals surface area (Å²) in [5.41, 5.74) is 4.32. The zero-order valence-electron chi connectivity index (χ0n) is 20.7. The molecule has 3 rings (SSSR count). The molecule has 0 saturated heterocycles. The van der Waals surface area contributed by atoms with Crippen LogP contribution in [-0.2, 0) is 6.54 Å². The molecule has 0 N–H and O–H groups in total. The van der Waals surface area contributed by atoms with Crippen molar-refractivity contribution in [3.05, 3.63) is 47.5 Å². The number of rotatable bonds is 15. The van der Waals surface area contributed by atoms with Crippen LogP contribution >= 0.6 is 0 Å². The predicted molar refractivity (Wildman–Crippen MR) is 146 cm³/mol. The first-order chi connectivity index (χ1) is 16.3. The third-order valence-electron chi connectivity index (χ3n) is 6.94. The smallest absolute Gasteiger partial charge is 0.0503 e. The van der Waals surface area contributed by atoms with Crippen LogP contribution in [0.2, 0.25) is 0 Å². The molecule has 0 aliphatic rings. The SMILES string of the molecule is C#Cc1ccc2c3ccc(C#C)cc3n(CCCCCCCCCCCCCCCC)c2c1. The van der Waals surface area contributed by atoms with Gasteiger partial charge in [0.1, 0.15) is 0 Å². The van der Waals surface area contributed by atoms with E-state index in [0.29, 0.717) is 0 Å². The number of benzene rings is 2. The molecule has 0 amide bonds. The van der Waals surface area contributed by atoms with E-state index in [-0.39, 0.29) is 0 Å². The Morgan fingerprint density at radius 3 is 1.36 bits per heavy atom. The highest BCUT2D eigenvalue weighted by Crippen LogP contribution is 2.31. The Bertz CT molecular complexity index is 1010. The Morgan fingerprint density at radius 2 is 0.970 bits per heavy atom. The molecule has 0 bridgehead atoms. The molecule has 1 heteroatoms. The number of terminal acetylenes is 2. The van der Waals surface area contributed by atoms with Crippen LogP contribution in [0.4, 0.5) is 0 Å². The van der Waals surface area contributed by atoms with Crippen LogP contribution in [-0.4, -0.2) is 4.57 Å². The van der Waals surface area contributed by atoms with Crippen molar-refractivity contribution >= 4 is 21.8 Å². The van der Waals surface area contributed by atoms with E-state index in [4.69, 9.17) is 12.8 Å². The lowest BCUT2D eigenvalue weighted by atomic mass is 10.0. The number of hydrogen-bond donors (Lipinski definition) is 0. The summed E-state index contributed by atoms with van der Waals surface area (Å²) in [5.74, 6) is 5.57. The molecule has 0 unspecified atom stereocenters. The fourth-order valence-corrected chi connectivity index (χ4v) is 4.98. The molecule has 0 atom stereocenters. The highest BCUT2D eigenvalue weighted by atomic mass is 15.0. The van der Waals surface area contributed by atoms with E-state index in [2.05, 4.69) is 47.6 Å². The number of unbranched alkanes of at least 4 members (excludes halogenated alkanes) is 13. The van der Waals surface area contributed by atoms with Gasteiger partial charge in [-0.25, -0.2) is 0 Å². The Labute approximate surface area is 202 Å². The Morgan fingerprint density at radius 1 is 0.576 bits per heavy atom. The lowest BCUT2D eigenvalue weighted by molar-refractivity contribution is 0.528. The summed E-state index contributed by atoms with van der Waals surface area (Å²) >= 11 is 0. The summed E-state index contributed by atoms with van der Waals surface area (Å²) in [6.07, 6.45) is 30.7. The predicted octanol–water partition coefficient (Wildman–Crippen LogP) is 9.24. The lowest BCUT2D eigenvalue weighted by Crippen LogP contribution is -1.98. The molecule has 0 radical (unpaired) electrons. The van der Waals surface area contributed by atoms with Crippen molar-refractivity contribution < 1.29 is 0 Å². The molecule has 0 aliphatic heterocycles. The molecule has 174 valence electrons. The van der Waals surface area contributed by atoms with Crippen LogP contribution in [0.15, 0.2) is 36.4 Å². The molecule has 0 saturated carbocycles. The van der Waals surface area contributed by atoms with Gasteiger partial charge in [-0.05, 0) is 30.7 Å². The molecular weight excluding hydrogens is 398 g/mol. The van der Waals surface area contributed by atoms with Gasteiger partial charge in [-0.1, -0.05) is 114 Å². The third-order valence-corrected chi connectivity index (χ3v) is 6.94. The van der Waals surface area contributed by atoms with Crippen molar-refractivity contribution in [2.75, 3.05) is 0 Å². The van der Waals surface area contributed by atoms with Crippen molar-refractivity contribution in [1.29, 1.82) is 0 Å². The van der Waals surface area contributed by atoms with Crippen molar-refractivity contribution in [2.45, 2.75) is 103 Å². The largest absolute Gasteiger partial charge is 0.340 e. The van der Waals surface area contributed by atoms with Gasteiger partial charge in [0.25, 0.3) is 0 Å². The number of fused-ring (bicyclic) bond motifs is 3. The zero-order valence-corrected chi connectivity index (χ0v) is 20.7. The second kappa shape index (κ2) is 13.8. The van der Waals surface area contributed by atoms with Crippen molar-refractivity contribution in [1.82, 2.24) is 4.57 Å². The van der Waals surface area contributed by atoms with Gasteiger partial charge in [0.05, 0.1) is 11.0 Å². The van der Waals surface area contributed by atoms with Crippen molar-refractivity contribution in [3.8, 4) is 24.7 Å². The Kier molecular flexibility index (Phi) is 10.5. The number of nitrogens with zero attached hydrogens (tertiary/aromatic N) is 1. The van der Waals surface area contributed by atoms with Gasteiger partial charge >= 0.3 is 0 Å². The zero-order chi connectivity index (χ0) is 23.3. The summed E-state index contributed by atoms with van der Waals surface area (Å²) in [6.45, 7) is 3.30. The maximum Gasteiger partial charge on any atom is 0.0503 e. The van der Waals surface area contributed by atoms with Gasteiger partial charge in [0.15, 0.2) is 0 Å². The fourth-order valence-electron chi connectivity index (χ4n) is 4.98. The summed E-state index contributed by atoms with van der Waals surface area (Å²) in [7, 11) is 0. The first-order valence-corrected chi connectivity index (χ1v) is 13.3. The van der Waals surface area contributed by atoms with Crippen molar-refractivity contribution in [3.63, 3.8) is 0 Å². The van der Waals surface area contributed by atoms with Gasteiger partial charge < -0.3 is 4.57 Å². The van der Waals surface area contributed by atoms with Gasteiger partial charge in [0.2, 0.25) is 0 Å². The summed E-state index contributed by atoms with van der Waals surface area (Å²) < 4.78 is 2.42. The molecule has 0 spiro atoms. The lowest BCUT2D eigenvalue weighted by Gasteiger charge is -2.08. The molecule has 33 heavy (non-hydrogen) atoms. The van der Waals surface area contributed by atoms with E-state index in [1.54, 1.807) is 0 Å². The second-order valence-electron chi connectivity index (χ2n) is 9.50. The van der Waals surface area contributed by atoms with Crippen molar-refractivity contribution in [2.24, 2.45) is 0 Å². The van der Waals surface area contributed by atoms with Gasteiger partial charge in [0, 0.05) is 28.4 Å². The van der Waals surface area contributed by atoms with Crippen LogP contribution in [0.3, 0.4) is 0 Å².